The molecule has 0 bridgehead atoms. The van der Waals surface area contributed by atoms with Gasteiger partial charge in [-0.2, -0.15) is 4.72 Å². The SMILES string of the molecule is CC(C)CC(NS(=O)(=O)c1ccc(S(=O)(=O)c2ccccc2)s1)C(=O)O. The molecule has 0 fully saturated rings. The number of sulfonamides is 1. The van der Waals surface area contributed by atoms with Gasteiger partial charge in [-0.15, -0.1) is 11.3 Å². The second-order valence-electron chi connectivity index (χ2n) is 6.03. The van der Waals surface area contributed by atoms with Gasteiger partial charge in [-0.3, -0.25) is 4.79 Å². The molecule has 10 heteroatoms. The number of hydrogen-bond donors (Lipinski definition) is 2. The number of sulfone groups is 1. The summed E-state index contributed by atoms with van der Waals surface area (Å²) >= 11 is 0.583. The Hall–Kier alpha value is -1.75. The van der Waals surface area contributed by atoms with Gasteiger partial charge >= 0.3 is 5.97 Å². The summed E-state index contributed by atoms with van der Waals surface area (Å²) in [7, 11) is -7.98. The van der Waals surface area contributed by atoms with Crippen molar-refractivity contribution in [2.45, 2.75) is 39.6 Å². The first-order chi connectivity index (χ1) is 12.0. The Labute approximate surface area is 156 Å². The summed E-state index contributed by atoms with van der Waals surface area (Å²) in [6.07, 6.45) is 0.120. The van der Waals surface area contributed by atoms with Crippen molar-refractivity contribution in [3.05, 3.63) is 42.5 Å². The summed E-state index contributed by atoms with van der Waals surface area (Å²) in [6, 6.07) is 8.75. The fourth-order valence-electron chi connectivity index (χ4n) is 2.22. The quantitative estimate of drug-likeness (QED) is 0.681. The van der Waals surface area contributed by atoms with Gasteiger partial charge in [0.1, 0.15) is 14.5 Å². The van der Waals surface area contributed by atoms with E-state index in [0.717, 1.165) is 6.07 Å². The summed E-state index contributed by atoms with van der Waals surface area (Å²) in [5.74, 6) is -1.31. The zero-order valence-corrected chi connectivity index (χ0v) is 16.6. The summed E-state index contributed by atoms with van der Waals surface area (Å²) in [5.41, 5.74) is 0. The van der Waals surface area contributed by atoms with Crippen molar-refractivity contribution in [3.63, 3.8) is 0 Å². The number of thiophene rings is 1. The Morgan fingerprint density at radius 1 is 1.04 bits per heavy atom. The molecule has 1 aromatic carbocycles. The summed E-state index contributed by atoms with van der Waals surface area (Å²) < 4.78 is 51.8. The van der Waals surface area contributed by atoms with Crippen molar-refractivity contribution in [2.24, 2.45) is 5.92 Å². The van der Waals surface area contributed by atoms with Gasteiger partial charge in [0.15, 0.2) is 0 Å². The van der Waals surface area contributed by atoms with Crippen LogP contribution in [0.25, 0.3) is 0 Å². The normalized spacial score (nSPS) is 13.7. The largest absolute Gasteiger partial charge is 0.480 e. The third kappa shape index (κ3) is 4.70. The van der Waals surface area contributed by atoms with Gasteiger partial charge < -0.3 is 5.11 Å². The van der Waals surface area contributed by atoms with E-state index in [-0.39, 0.29) is 25.7 Å². The fourth-order valence-corrected chi connectivity index (χ4v) is 6.63. The molecule has 0 amide bonds. The van der Waals surface area contributed by atoms with Crippen molar-refractivity contribution in [2.75, 3.05) is 0 Å². The van der Waals surface area contributed by atoms with E-state index in [2.05, 4.69) is 4.72 Å². The van der Waals surface area contributed by atoms with Crippen molar-refractivity contribution in [1.29, 1.82) is 0 Å². The topological polar surface area (TPSA) is 118 Å². The fraction of sp³-hybridized carbons (Fsp3) is 0.312. The first-order valence-electron chi connectivity index (χ1n) is 7.69. The molecule has 142 valence electrons. The Bertz CT molecular complexity index is 978. The summed E-state index contributed by atoms with van der Waals surface area (Å²) in [5, 5.41) is 9.20. The van der Waals surface area contributed by atoms with Crippen LogP contribution in [0.5, 0.6) is 0 Å². The van der Waals surface area contributed by atoms with Crippen LogP contribution in [0.2, 0.25) is 0 Å². The average molecular weight is 418 g/mol. The second-order valence-corrected chi connectivity index (χ2v) is 11.2. The van der Waals surface area contributed by atoms with E-state index in [0.29, 0.717) is 11.3 Å². The van der Waals surface area contributed by atoms with Gasteiger partial charge in [0.2, 0.25) is 9.84 Å². The molecule has 0 aliphatic heterocycles. The number of carboxylic acid groups (broad SMARTS) is 1. The first-order valence-corrected chi connectivity index (χ1v) is 11.5. The zero-order valence-electron chi connectivity index (χ0n) is 14.1. The molecule has 26 heavy (non-hydrogen) atoms. The lowest BCUT2D eigenvalue weighted by atomic mass is 10.1. The first kappa shape index (κ1) is 20.6. The van der Waals surface area contributed by atoms with E-state index in [1.807, 2.05) is 0 Å². The predicted molar refractivity (Wildman–Crippen MR) is 97.4 cm³/mol. The van der Waals surface area contributed by atoms with Crippen molar-refractivity contribution < 1.29 is 26.7 Å². The third-order valence-corrected chi connectivity index (χ3v) is 8.75. The monoisotopic (exact) mass is 417 g/mol. The van der Waals surface area contributed by atoms with Crippen LogP contribution in [0.3, 0.4) is 0 Å². The van der Waals surface area contributed by atoms with E-state index in [1.54, 1.807) is 32.0 Å². The smallest absolute Gasteiger partial charge is 0.321 e. The molecule has 2 aromatic rings. The van der Waals surface area contributed by atoms with Crippen molar-refractivity contribution >= 4 is 37.2 Å². The molecular weight excluding hydrogens is 398 g/mol. The zero-order chi connectivity index (χ0) is 19.5. The highest BCUT2D eigenvalue weighted by atomic mass is 32.3. The van der Waals surface area contributed by atoms with Gasteiger partial charge in [0.05, 0.1) is 4.90 Å². The minimum atomic E-state index is -4.15. The van der Waals surface area contributed by atoms with Crippen LogP contribution in [0.15, 0.2) is 55.8 Å². The van der Waals surface area contributed by atoms with Gasteiger partial charge in [0.25, 0.3) is 10.0 Å². The Morgan fingerprint density at radius 3 is 2.15 bits per heavy atom. The number of nitrogens with one attached hydrogen (secondary N) is 1. The highest BCUT2D eigenvalue weighted by Gasteiger charge is 2.29. The van der Waals surface area contributed by atoms with Gasteiger partial charge in [-0.05, 0) is 36.6 Å². The van der Waals surface area contributed by atoms with Crippen molar-refractivity contribution in [3.8, 4) is 0 Å². The maximum Gasteiger partial charge on any atom is 0.321 e. The molecule has 0 aliphatic rings. The molecule has 0 aliphatic carbocycles. The third-order valence-electron chi connectivity index (χ3n) is 3.44. The number of rotatable bonds is 8. The van der Waals surface area contributed by atoms with E-state index in [9.17, 15) is 26.7 Å². The molecular formula is C16H19NO6S3. The highest BCUT2D eigenvalue weighted by molar-refractivity contribution is 7.95. The van der Waals surface area contributed by atoms with Crippen LogP contribution in [0.1, 0.15) is 20.3 Å². The lowest BCUT2D eigenvalue weighted by Gasteiger charge is -2.15. The second kappa shape index (κ2) is 7.87. The molecule has 7 nitrogen and oxygen atoms in total. The Balaban J connectivity index is 2.32. The van der Waals surface area contributed by atoms with E-state index in [4.69, 9.17) is 0 Å². The minimum absolute atomic E-state index is 0.0313. The van der Waals surface area contributed by atoms with Crippen LogP contribution in [-0.4, -0.2) is 34.0 Å². The van der Waals surface area contributed by atoms with Gasteiger partial charge in [-0.25, -0.2) is 16.8 Å². The number of benzene rings is 1. The summed E-state index contributed by atoms with van der Waals surface area (Å²) in [6.45, 7) is 3.56. The molecule has 0 radical (unpaired) electrons. The van der Waals surface area contributed by atoms with Crippen LogP contribution >= 0.6 is 11.3 Å². The Morgan fingerprint density at radius 2 is 1.62 bits per heavy atom. The number of carbonyl (C=O) groups is 1. The molecule has 1 unspecified atom stereocenters. The standard InChI is InChI=1S/C16H19NO6S3/c1-11(2)10-13(16(18)19)17-26(22,23)15-9-8-14(24-15)25(20,21)12-6-4-3-5-7-12/h3-9,11,13,17H,10H2,1-2H3,(H,18,19). The maximum absolute atomic E-state index is 12.6. The van der Waals surface area contributed by atoms with Gasteiger partial charge in [0, 0.05) is 0 Å². The van der Waals surface area contributed by atoms with Crippen LogP contribution in [-0.2, 0) is 24.7 Å². The predicted octanol–water partition coefficient (Wildman–Crippen LogP) is 2.36. The minimum Gasteiger partial charge on any atom is -0.480 e. The summed E-state index contributed by atoms with van der Waals surface area (Å²) in [4.78, 5) is 11.3. The maximum atomic E-state index is 12.6. The number of hydrogen-bond acceptors (Lipinski definition) is 6. The van der Waals surface area contributed by atoms with Gasteiger partial charge in [-0.1, -0.05) is 32.0 Å². The lowest BCUT2D eigenvalue weighted by molar-refractivity contribution is -0.139. The molecule has 0 saturated heterocycles. The Kier molecular flexibility index (Phi) is 6.22. The van der Waals surface area contributed by atoms with E-state index in [1.165, 1.54) is 18.2 Å². The van der Waals surface area contributed by atoms with E-state index < -0.39 is 31.9 Å². The van der Waals surface area contributed by atoms with Crippen molar-refractivity contribution in [1.82, 2.24) is 4.72 Å². The highest BCUT2D eigenvalue weighted by Crippen LogP contribution is 2.30. The van der Waals surface area contributed by atoms with E-state index >= 15 is 0 Å². The molecule has 1 heterocycles. The molecule has 2 N–H and O–H groups in total. The van der Waals surface area contributed by atoms with Crippen LogP contribution in [0.4, 0.5) is 0 Å². The number of aliphatic carboxylic acids is 1. The van der Waals surface area contributed by atoms with Crippen LogP contribution < -0.4 is 4.72 Å². The molecule has 1 aromatic heterocycles. The lowest BCUT2D eigenvalue weighted by Crippen LogP contribution is -2.41. The number of carboxylic acids is 1. The molecule has 0 spiro atoms. The average Bonchev–Trinajstić information content (AvgIpc) is 3.06. The molecule has 2 rings (SSSR count). The van der Waals surface area contributed by atoms with Crippen LogP contribution in [0, 0.1) is 5.92 Å². The molecule has 0 saturated carbocycles. The molecule has 1 atom stereocenters.